The van der Waals surface area contributed by atoms with Gasteiger partial charge in [0.15, 0.2) is 0 Å². The number of halogens is 1. The Kier molecular flexibility index (Phi) is 8.16. The molecular formula is C50H31IS2. The molecule has 0 nitrogen and oxygen atoms in total. The van der Waals surface area contributed by atoms with Crippen molar-refractivity contribution >= 4 is 89.6 Å². The average molecular weight is 823 g/mol. The zero-order chi connectivity index (χ0) is 35.5. The number of thiophene rings is 1. The molecule has 53 heavy (non-hydrogen) atoms. The summed E-state index contributed by atoms with van der Waals surface area (Å²) in [6.45, 7) is 0. The van der Waals surface area contributed by atoms with Crippen molar-refractivity contribution in [2.75, 3.05) is 0 Å². The molecule has 0 saturated heterocycles. The lowest BCUT2D eigenvalue weighted by molar-refractivity contribution is 1.44. The van der Waals surface area contributed by atoms with Crippen LogP contribution in [0.15, 0.2) is 186 Å². The van der Waals surface area contributed by atoms with Crippen LogP contribution >= 0.6 is 46.6 Å². The Morgan fingerprint density at radius 2 is 0.830 bits per heavy atom. The fourth-order valence-electron chi connectivity index (χ4n) is 8.31. The summed E-state index contributed by atoms with van der Waals surface area (Å²) in [5, 5.41) is 12.3. The molecule has 1 aromatic heterocycles. The zero-order valence-electron chi connectivity index (χ0n) is 28.6. The molecule has 0 amide bonds. The van der Waals surface area contributed by atoms with Crippen molar-refractivity contribution in [2.45, 2.75) is 4.90 Å². The van der Waals surface area contributed by atoms with Gasteiger partial charge in [0.1, 0.15) is 0 Å². The maximum atomic E-state index is 5.23. The van der Waals surface area contributed by atoms with Crippen LogP contribution in [0.3, 0.4) is 0 Å². The number of hydrogen-bond donors (Lipinski definition) is 1. The average Bonchev–Trinajstić information content (AvgIpc) is 3.74. The second-order valence-corrected chi connectivity index (χ2v) is 15.9. The van der Waals surface area contributed by atoms with Gasteiger partial charge in [0.25, 0.3) is 0 Å². The van der Waals surface area contributed by atoms with E-state index in [0.717, 1.165) is 16.0 Å². The van der Waals surface area contributed by atoms with Gasteiger partial charge in [-0.2, -0.15) is 0 Å². The van der Waals surface area contributed by atoms with E-state index in [1.165, 1.54) is 90.5 Å². The third-order valence-electron chi connectivity index (χ3n) is 10.5. The van der Waals surface area contributed by atoms with Crippen LogP contribution in [0.5, 0.6) is 0 Å². The Morgan fingerprint density at radius 3 is 1.34 bits per heavy atom. The Hall–Kier alpha value is -5.20. The highest BCUT2D eigenvalue weighted by Crippen LogP contribution is 2.48. The van der Waals surface area contributed by atoms with Crippen LogP contribution < -0.4 is 0 Å². The van der Waals surface area contributed by atoms with Crippen LogP contribution in [-0.2, 0) is 0 Å². The van der Waals surface area contributed by atoms with E-state index in [4.69, 9.17) is 12.6 Å². The molecule has 0 unspecified atom stereocenters. The van der Waals surface area contributed by atoms with E-state index in [1.807, 2.05) is 0 Å². The molecule has 0 radical (unpaired) electrons. The Morgan fingerprint density at radius 1 is 0.358 bits per heavy atom. The second kappa shape index (κ2) is 13.3. The summed E-state index contributed by atoms with van der Waals surface area (Å²) in [6, 6.07) is 64.1. The summed E-state index contributed by atoms with van der Waals surface area (Å²) < 4.78 is 1.22. The molecule has 10 rings (SSSR count). The van der Waals surface area contributed by atoms with Gasteiger partial charge in [0, 0.05) is 18.9 Å². The number of rotatable bonds is 5. The van der Waals surface area contributed by atoms with E-state index >= 15 is 0 Å². The topological polar surface area (TPSA) is 0 Å². The zero-order valence-corrected chi connectivity index (χ0v) is 32.4. The smallest absolute Gasteiger partial charge is 0.0355 e. The van der Waals surface area contributed by atoms with Gasteiger partial charge in [0.05, 0.1) is 0 Å². The molecule has 0 aliphatic heterocycles. The van der Waals surface area contributed by atoms with E-state index in [1.54, 1.807) is 11.3 Å². The van der Waals surface area contributed by atoms with Crippen LogP contribution in [0, 0.1) is 3.57 Å². The summed E-state index contributed by atoms with van der Waals surface area (Å²) in [5.74, 6) is 0. The van der Waals surface area contributed by atoms with Gasteiger partial charge in [0.2, 0.25) is 0 Å². The first-order valence-electron chi connectivity index (χ1n) is 17.8. The van der Waals surface area contributed by atoms with Crippen molar-refractivity contribution in [3.05, 3.63) is 185 Å². The fourth-order valence-corrected chi connectivity index (χ4v) is 10.4. The van der Waals surface area contributed by atoms with Gasteiger partial charge >= 0.3 is 0 Å². The standard InChI is InChI=1S/C50H31IS2/c51-50-42(24-12-25-43(50)48-38-20-8-10-22-40(38)49(45-26-13-29-53-45)41-23-11-9-21-39(41)48)33-28-27-32(30-44(33)52)47-36-18-6-4-16-34(36)46(31-14-2-1-3-15-31)35-17-5-7-19-37(35)47/h1-30,52H. The van der Waals surface area contributed by atoms with Gasteiger partial charge in [-0.3, -0.25) is 0 Å². The first-order valence-corrected chi connectivity index (χ1v) is 20.2. The maximum absolute atomic E-state index is 5.23. The van der Waals surface area contributed by atoms with E-state index in [0.29, 0.717) is 0 Å². The minimum Gasteiger partial charge on any atom is -0.144 e. The van der Waals surface area contributed by atoms with Crippen LogP contribution in [0.2, 0.25) is 0 Å². The number of fused-ring (bicyclic) bond motifs is 4. The first kappa shape index (κ1) is 32.5. The lowest BCUT2D eigenvalue weighted by Gasteiger charge is -2.20. The summed E-state index contributed by atoms with van der Waals surface area (Å²) in [5.41, 5.74) is 11.0. The molecule has 0 bridgehead atoms. The molecule has 10 aromatic rings. The largest absolute Gasteiger partial charge is 0.144 e. The normalized spacial score (nSPS) is 11.6. The second-order valence-electron chi connectivity index (χ2n) is 13.4. The molecule has 250 valence electrons. The predicted octanol–water partition coefficient (Wildman–Crippen LogP) is 15.6. The molecule has 0 spiro atoms. The molecule has 3 heteroatoms. The van der Waals surface area contributed by atoms with Gasteiger partial charge in [-0.1, -0.05) is 164 Å². The van der Waals surface area contributed by atoms with Crippen molar-refractivity contribution in [1.29, 1.82) is 0 Å². The Bertz CT molecular complexity index is 2900. The molecule has 0 fully saturated rings. The third kappa shape index (κ3) is 5.33. The maximum Gasteiger partial charge on any atom is 0.0355 e. The SMILES string of the molecule is Sc1cc(-c2c3ccccc3c(-c3ccccc3)c3ccccc23)ccc1-c1cccc(-c2c3ccccc3c(-c3cccs3)c3ccccc23)c1I. The van der Waals surface area contributed by atoms with Gasteiger partial charge in [-0.05, 0) is 128 Å². The molecule has 0 aliphatic carbocycles. The van der Waals surface area contributed by atoms with E-state index in [9.17, 15) is 0 Å². The Labute approximate surface area is 332 Å². The molecule has 0 aliphatic rings. The van der Waals surface area contributed by atoms with Crippen molar-refractivity contribution in [3.63, 3.8) is 0 Å². The molecule has 0 saturated carbocycles. The van der Waals surface area contributed by atoms with Crippen molar-refractivity contribution < 1.29 is 0 Å². The van der Waals surface area contributed by atoms with Crippen LogP contribution in [0.25, 0.3) is 98.0 Å². The van der Waals surface area contributed by atoms with Crippen LogP contribution in [-0.4, -0.2) is 0 Å². The number of thiol groups is 1. The summed E-state index contributed by atoms with van der Waals surface area (Å²) >= 11 is 9.60. The molecule has 0 atom stereocenters. The number of benzene rings is 9. The van der Waals surface area contributed by atoms with Crippen molar-refractivity contribution in [3.8, 4) is 54.9 Å². The fraction of sp³-hybridized carbons (Fsp3) is 0. The first-order chi connectivity index (χ1) is 26.2. The van der Waals surface area contributed by atoms with E-state index in [-0.39, 0.29) is 0 Å². The summed E-state index contributed by atoms with van der Waals surface area (Å²) in [7, 11) is 0. The lowest BCUT2D eigenvalue weighted by Crippen LogP contribution is -1.94. The van der Waals surface area contributed by atoms with Gasteiger partial charge < -0.3 is 0 Å². The molecule has 1 heterocycles. The summed E-state index contributed by atoms with van der Waals surface area (Å²) in [4.78, 5) is 2.25. The van der Waals surface area contributed by atoms with Crippen LogP contribution in [0.1, 0.15) is 0 Å². The highest BCUT2D eigenvalue weighted by molar-refractivity contribution is 14.1. The molecule has 9 aromatic carbocycles. The molecule has 0 N–H and O–H groups in total. The summed E-state index contributed by atoms with van der Waals surface area (Å²) in [6.07, 6.45) is 0. The molecular weight excluding hydrogens is 792 g/mol. The van der Waals surface area contributed by atoms with Crippen LogP contribution in [0.4, 0.5) is 0 Å². The highest BCUT2D eigenvalue weighted by atomic mass is 127. The minimum atomic E-state index is 0.959. The highest BCUT2D eigenvalue weighted by Gasteiger charge is 2.21. The van der Waals surface area contributed by atoms with Crippen molar-refractivity contribution in [1.82, 2.24) is 0 Å². The Balaban J connectivity index is 1.16. The quantitative estimate of drug-likeness (QED) is 0.0998. The van der Waals surface area contributed by atoms with E-state index < -0.39 is 0 Å². The van der Waals surface area contributed by atoms with E-state index in [2.05, 4.69) is 204 Å². The van der Waals surface area contributed by atoms with Gasteiger partial charge in [-0.15, -0.1) is 24.0 Å². The van der Waals surface area contributed by atoms with Gasteiger partial charge in [-0.25, -0.2) is 0 Å². The monoisotopic (exact) mass is 822 g/mol. The third-order valence-corrected chi connectivity index (χ3v) is 13.0. The minimum absolute atomic E-state index is 0.959. The lowest BCUT2D eigenvalue weighted by atomic mass is 9.85. The predicted molar refractivity (Wildman–Crippen MR) is 241 cm³/mol. The number of hydrogen-bond acceptors (Lipinski definition) is 2. The van der Waals surface area contributed by atoms with Crippen molar-refractivity contribution in [2.24, 2.45) is 0 Å².